The number of rotatable bonds is 8. The van der Waals surface area contributed by atoms with Gasteiger partial charge in [0.1, 0.15) is 11.8 Å². The van der Waals surface area contributed by atoms with Crippen molar-refractivity contribution in [1.29, 1.82) is 5.26 Å². The van der Waals surface area contributed by atoms with Crippen molar-refractivity contribution >= 4 is 0 Å². The Morgan fingerprint density at radius 2 is 1.95 bits per heavy atom. The third-order valence-corrected chi connectivity index (χ3v) is 3.03. The first-order valence-corrected chi connectivity index (χ1v) is 7.04. The van der Waals surface area contributed by atoms with Crippen LogP contribution in [0.3, 0.4) is 0 Å². The Morgan fingerprint density at radius 1 is 1.26 bits per heavy atom. The molecule has 0 heterocycles. The van der Waals surface area contributed by atoms with Gasteiger partial charge in [-0.15, -0.1) is 0 Å². The molecule has 0 aliphatic carbocycles. The van der Waals surface area contributed by atoms with Gasteiger partial charge in [-0.2, -0.15) is 5.26 Å². The van der Waals surface area contributed by atoms with E-state index in [0.29, 0.717) is 6.04 Å². The minimum atomic E-state index is -0.399. The van der Waals surface area contributed by atoms with E-state index in [-0.39, 0.29) is 0 Å². The molecule has 3 heteroatoms. The summed E-state index contributed by atoms with van der Waals surface area (Å²) in [4.78, 5) is 0. The van der Waals surface area contributed by atoms with Gasteiger partial charge in [-0.3, -0.25) is 0 Å². The second kappa shape index (κ2) is 8.55. The molecule has 0 aromatic heterocycles. The summed E-state index contributed by atoms with van der Waals surface area (Å²) in [6, 6.07) is 10.6. The average Bonchev–Trinajstić information content (AvgIpc) is 2.44. The van der Waals surface area contributed by atoms with E-state index in [1.807, 2.05) is 12.1 Å². The Kier molecular flexibility index (Phi) is 6.99. The van der Waals surface area contributed by atoms with Crippen LogP contribution in [0.25, 0.3) is 0 Å². The van der Waals surface area contributed by atoms with Crippen LogP contribution in [0, 0.1) is 11.3 Å². The fourth-order valence-corrected chi connectivity index (χ4v) is 1.84. The summed E-state index contributed by atoms with van der Waals surface area (Å²) >= 11 is 0. The lowest BCUT2D eigenvalue weighted by Crippen LogP contribution is -2.27. The van der Waals surface area contributed by atoms with E-state index in [4.69, 9.17) is 10.00 Å². The van der Waals surface area contributed by atoms with Crippen LogP contribution in [0.15, 0.2) is 24.3 Å². The molecule has 0 aliphatic rings. The molecule has 1 aromatic rings. The second-order valence-electron chi connectivity index (χ2n) is 4.93. The molecule has 0 radical (unpaired) electrons. The molecule has 1 rings (SSSR count). The van der Waals surface area contributed by atoms with Gasteiger partial charge in [-0.05, 0) is 57.4 Å². The lowest BCUT2D eigenvalue weighted by molar-refractivity contribution is 0.276. The maximum Gasteiger partial charge on any atom is 0.181 e. The van der Waals surface area contributed by atoms with Gasteiger partial charge in [-0.1, -0.05) is 19.1 Å². The zero-order valence-electron chi connectivity index (χ0n) is 12.1. The van der Waals surface area contributed by atoms with Crippen LogP contribution in [0.5, 0.6) is 5.75 Å². The van der Waals surface area contributed by atoms with Crippen molar-refractivity contribution in [3.63, 3.8) is 0 Å². The molecule has 0 aliphatic heterocycles. The van der Waals surface area contributed by atoms with Crippen LogP contribution in [0.2, 0.25) is 0 Å². The van der Waals surface area contributed by atoms with Crippen LogP contribution < -0.4 is 10.1 Å². The number of aryl methyl sites for hydroxylation is 1. The Bertz CT molecular complexity index is 394. The number of hydrogen-bond acceptors (Lipinski definition) is 3. The first-order chi connectivity index (χ1) is 9.15. The smallest absolute Gasteiger partial charge is 0.181 e. The zero-order chi connectivity index (χ0) is 14.1. The minimum Gasteiger partial charge on any atom is -0.476 e. The molecular weight excluding hydrogens is 236 g/mol. The third kappa shape index (κ3) is 6.26. The van der Waals surface area contributed by atoms with Crippen molar-refractivity contribution < 1.29 is 4.74 Å². The Morgan fingerprint density at radius 3 is 2.53 bits per heavy atom. The fraction of sp³-hybridized carbons (Fsp3) is 0.562. The Hall–Kier alpha value is -1.53. The van der Waals surface area contributed by atoms with Crippen molar-refractivity contribution in [3.05, 3.63) is 29.8 Å². The highest BCUT2D eigenvalue weighted by molar-refractivity contribution is 5.28. The summed E-state index contributed by atoms with van der Waals surface area (Å²) in [6.45, 7) is 7.23. The van der Waals surface area contributed by atoms with Gasteiger partial charge in [0.15, 0.2) is 6.10 Å². The Balaban J connectivity index is 2.38. The largest absolute Gasteiger partial charge is 0.476 e. The minimum absolute atomic E-state index is 0.399. The van der Waals surface area contributed by atoms with Crippen LogP contribution in [-0.4, -0.2) is 18.7 Å². The molecular formula is C16H24N2O. The van der Waals surface area contributed by atoms with E-state index in [9.17, 15) is 0 Å². The normalized spacial score (nSPS) is 13.6. The summed E-state index contributed by atoms with van der Waals surface area (Å²) in [5, 5.41) is 12.2. The lowest BCUT2D eigenvalue weighted by Gasteiger charge is -2.13. The third-order valence-electron chi connectivity index (χ3n) is 3.03. The quantitative estimate of drug-likeness (QED) is 0.780. The predicted molar refractivity (Wildman–Crippen MR) is 78.2 cm³/mol. The fourth-order valence-electron chi connectivity index (χ4n) is 1.84. The van der Waals surface area contributed by atoms with Gasteiger partial charge >= 0.3 is 0 Å². The number of ether oxygens (including phenoxy) is 1. The van der Waals surface area contributed by atoms with Crippen molar-refractivity contribution in [2.75, 3.05) is 6.54 Å². The van der Waals surface area contributed by atoms with Gasteiger partial charge < -0.3 is 10.1 Å². The summed E-state index contributed by atoms with van der Waals surface area (Å²) in [6.07, 6.45) is 2.97. The van der Waals surface area contributed by atoms with Crippen molar-refractivity contribution in [1.82, 2.24) is 5.32 Å². The van der Waals surface area contributed by atoms with Crippen molar-refractivity contribution in [3.8, 4) is 11.8 Å². The maximum absolute atomic E-state index is 8.68. The SMILES string of the molecule is CCCNC(C)CCc1ccc(OC(C)C#N)cc1. The molecule has 1 N–H and O–H groups in total. The number of nitrogens with zero attached hydrogens (tertiary/aromatic N) is 1. The van der Waals surface area contributed by atoms with Crippen LogP contribution >= 0.6 is 0 Å². The van der Waals surface area contributed by atoms with Crippen molar-refractivity contribution in [2.24, 2.45) is 0 Å². The van der Waals surface area contributed by atoms with Gasteiger partial charge in [-0.25, -0.2) is 0 Å². The topological polar surface area (TPSA) is 45.0 Å². The number of hydrogen-bond donors (Lipinski definition) is 1. The number of nitrogens with one attached hydrogen (secondary N) is 1. The van der Waals surface area contributed by atoms with Gasteiger partial charge in [0.2, 0.25) is 0 Å². The van der Waals surface area contributed by atoms with E-state index < -0.39 is 6.10 Å². The van der Waals surface area contributed by atoms with E-state index >= 15 is 0 Å². The van der Waals surface area contributed by atoms with Crippen LogP contribution in [0.4, 0.5) is 0 Å². The summed E-state index contributed by atoms with van der Waals surface area (Å²) < 4.78 is 5.42. The van der Waals surface area contributed by atoms with E-state index in [1.165, 1.54) is 12.0 Å². The molecule has 0 bridgehead atoms. The molecule has 2 atom stereocenters. The monoisotopic (exact) mass is 260 g/mol. The summed E-state index contributed by atoms with van der Waals surface area (Å²) in [7, 11) is 0. The molecule has 19 heavy (non-hydrogen) atoms. The zero-order valence-corrected chi connectivity index (χ0v) is 12.1. The summed E-state index contributed by atoms with van der Waals surface area (Å²) in [5.74, 6) is 0.759. The van der Waals surface area contributed by atoms with Crippen LogP contribution in [-0.2, 0) is 6.42 Å². The number of benzene rings is 1. The molecule has 0 amide bonds. The molecule has 0 saturated heterocycles. The molecule has 3 nitrogen and oxygen atoms in total. The molecule has 0 fully saturated rings. The molecule has 1 aromatic carbocycles. The standard InChI is InChI=1S/C16H24N2O/c1-4-11-18-13(2)5-6-15-7-9-16(10-8-15)19-14(3)12-17/h7-10,13-14,18H,4-6,11H2,1-3H3. The molecule has 104 valence electrons. The predicted octanol–water partition coefficient (Wildman–Crippen LogP) is 3.30. The van der Waals surface area contributed by atoms with E-state index in [2.05, 4.69) is 37.4 Å². The summed E-state index contributed by atoms with van der Waals surface area (Å²) in [5.41, 5.74) is 1.31. The highest BCUT2D eigenvalue weighted by Gasteiger charge is 2.03. The van der Waals surface area contributed by atoms with E-state index in [1.54, 1.807) is 6.92 Å². The van der Waals surface area contributed by atoms with Gasteiger partial charge in [0, 0.05) is 6.04 Å². The molecule has 0 spiro atoms. The second-order valence-corrected chi connectivity index (χ2v) is 4.93. The Labute approximate surface area is 116 Å². The highest BCUT2D eigenvalue weighted by Crippen LogP contribution is 2.15. The van der Waals surface area contributed by atoms with Gasteiger partial charge in [0.05, 0.1) is 0 Å². The molecule has 0 saturated carbocycles. The average molecular weight is 260 g/mol. The maximum atomic E-state index is 8.68. The van der Waals surface area contributed by atoms with Gasteiger partial charge in [0.25, 0.3) is 0 Å². The van der Waals surface area contributed by atoms with Crippen molar-refractivity contribution in [2.45, 2.75) is 52.2 Å². The molecule has 2 unspecified atom stereocenters. The first kappa shape index (κ1) is 15.5. The number of nitriles is 1. The highest BCUT2D eigenvalue weighted by atomic mass is 16.5. The van der Waals surface area contributed by atoms with Crippen LogP contribution in [0.1, 0.15) is 39.2 Å². The first-order valence-electron chi connectivity index (χ1n) is 7.04. The lowest BCUT2D eigenvalue weighted by atomic mass is 10.1. The van der Waals surface area contributed by atoms with E-state index in [0.717, 1.165) is 25.1 Å².